The van der Waals surface area contributed by atoms with Crippen LogP contribution in [0.1, 0.15) is 78.1 Å². The number of rotatable bonds is 3. The zero-order valence-corrected chi connectivity index (χ0v) is 18.5. The van der Waals surface area contributed by atoms with Gasteiger partial charge in [-0.3, -0.25) is 9.59 Å². The summed E-state index contributed by atoms with van der Waals surface area (Å²) < 4.78 is 5.74. The van der Waals surface area contributed by atoms with E-state index in [9.17, 15) is 9.59 Å². The van der Waals surface area contributed by atoms with Crippen molar-refractivity contribution in [3.8, 4) is 0 Å². The fourth-order valence-electron chi connectivity index (χ4n) is 6.51. The van der Waals surface area contributed by atoms with Gasteiger partial charge in [0, 0.05) is 38.2 Å². The van der Waals surface area contributed by atoms with Crippen LogP contribution in [0.5, 0.6) is 0 Å². The number of amides is 2. The minimum absolute atomic E-state index is 0.0757. The van der Waals surface area contributed by atoms with Crippen LogP contribution < -0.4 is 0 Å². The molecule has 0 bridgehead atoms. The maximum absolute atomic E-state index is 13.3. The molecule has 4 rings (SSSR count). The van der Waals surface area contributed by atoms with Gasteiger partial charge in [-0.25, -0.2) is 0 Å². The topological polar surface area (TPSA) is 53.1 Å². The highest BCUT2D eigenvalue weighted by Gasteiger charge is 2.48. The van der Waals surface area contributed by atoms with E-state index in [1.165, 1.54) is 32.1 Å². The number of hydrogen-bond donors (Lipinski definition) is 0. The lowest BCUT2D eigenvalue weighted by Crippen LogP contribution is -2.69. The molecule has 2 heterocycles. The number of piperazine rings is 1. The third-order valence-corrected chi connectivity index (χ3v) is 8.03. The van der Waals surface area contributed by atoms with E-state index in [0.717, 1.165) is 32.1 Å². The van der Waals surface area contributed by atoms with Gasteiger partial charge in [0.15, 0.2) is 0 Å². The van der Waals surface area contributed by atoms with Crippen LogP contribution in [0.2, 0.25) is 0 Å². The molecular weight excluding hydrogens is 366 g/mol. The molecule has 2 aliphatic heterocycles. The van der Waals surface area contributed by atoms with E-state index >= 15 is 0 Å². The van der Waals surface area contributed by atoms with Gasteiger partial charge in [-0.2, -0.15) is 0 Å². The summed E-state index contributed by atoms with van der Waals surface area (Å²) in [4.78, 5) is 32.6. The van der Waals surface area contributed by atoms with Crippen LogP contribution >= 0.6 is 0 Å². The predicted molar refractivity (Wildman–Crippen MR) is 113 cm³/mol. The summed E-state index contributed by atoms with van der Waals surface area (Å²) in [6.45, 7) is 5.11. The van der Waals surface area contributed by atoms with Crippen molar-refractivity contribution in [2.45, 2.75) is 114 Å². The summed E-state index contributed by atoms with van der Waals surface area (Å²) in [6.07, 6.45) is 11.3. The summed E-state index contributed by atoms with van der Waals surface area (Å²) in [5.41, 5.74) is 0. The Balaban J connectivity index is 1.53. The van der Waals surface area contributed by atoms with Gasteiger partial charge in [-0.15, -0.1) is 0 Å². The van der Waals surface area contributed by atoms with Crippen molar-refractivity contribution in [2.24, 2.45) is 0 Å². The molecule has 0 aromatic heterocycles. The Morgan fingerprint density at radius 1 is 0.931 bits per heavy atom. The molecule has 6 nitrogen and oxygen atoms in total. The normalized spacial score (nSPS) is 36.3. The van der Waals surface area contributed by atoms with Crippen LogP contribution in [0.15, 0.2) is 0 Å². The van der Waals surface area contributed by atoms with Crippen molar-refractivity contribution in [1.29, 1.82) is 0 Å². The van der Waals surface area contributed by atoms with Gasteiger partial charge in [-0.1, -0.05) is 19.3 Å². The molecule has 0 N–H and O–H groups in total. The second kappa shape index (κ2) is 8.93. The molecule has 4 fully saturated rings. The molecule has 5 atom stereocenters. The summed E-state index contributed by atoms with van der Waals surface area (Å²) in [5, 5.41) is 0. The Morgan fingerprint density at radius 2 is 1.69 bits per heavy atom. The van der Waals surface area contributed by atoms with E-state index < -0.39 is 0 Å². The van der Waals surface area contributed by atoms with Gasteiger partial charge in [-0.05, 0) is 58.9 Å². The molecule has 4 aliphatic rings. The number of carbonyl (C=O) groups excluding carboxylic acids is 2. The molecule has 0 aromatic carbocycles. The molecule has 4 unspecified atom stereocenters. The van der Waals surface area contributed by atoms with Gasteiger partial charge >= 0.3 is 0 Å². The molecule has 2 aliphatic carbocycles. The first kappa shape index (κ1) is 21.1. The fraction of sp³-hybridized carbons (Fsp3) is 0.913. The summed E-state index contributed by atoms with van der Waals surface area (Å²) in [7, 11) is 2.29. The van der Waals surface area contributed by atoms with Gasteiger partial charge in [0.2, 0.25) is 5.91 Å². The summed E-state index contributed by atoms with van der Waals surface area (Å²) >= 11 is 0. The Morgan fingerprint density at radius 3 is 2.34 bits per heavy atom. The van der Waals surface area contributed by atoms with Crippen LogP contribution in [-0.4, -0.2) is 83.0 Å². The Hall–Kier alpha value is -1.14. The minimum atomic E-state index is -0.275. The average Bonchev–Trinajstić information content (AvgIpc) is 3.27. The first-order valence-electron chi connectivity index (χ1n) is 11.9. The Kier molecular flexibility index (Phi) is 6.50. The molecule has 2 amide bonds. The molecule has 29 heavy (non-hydrogen) atoms. The number of nitrogens with zero attached hydrogens (tertiary/aromatic N) is 3. The van der Waals surface area contributed by atoms with Gasteiger partial charge < -0.3 is 19.4 Å². The maximum atomic E-state index is 13.3. The van der Waals surface area contributed by atoms with Crippen molar-refractivity contribution < 1.29 is 14.3 Å². The SMILES string of the molecule is CC(=O)N1C2CCC(N(C)C3CCCCC3)CC2N(C(=O)C2CCCO2)C[C@@H]1C. The molecule has 6 heteroatoms. The van der Waals surface area contributed by atoms with E-state index in [4.69, 9.17) is 4.74 Å². The molecule has 0 aromatic rings. The average molecular weight is 406 g/mol. The number of carbonyl (C=O) groups is 2. The minimum Gasteiger partial charge on any atom is -0.368 e. The third kappa shape index (κ3) is 4.20. The van der Waals surface area contributed by atoms with Crippen LogP contribution in [-0.2, 0) is 14.3 Å². The second-order valence-corrected chi connectivity index (χ2v) is 9.83. The number of ether oxygens (including phenoxy) is 1. The van der Waals surface area contributed by atoms with Crippen LogP contribution in [0.4, 0.5) is 0 Å². The highest BCUT2D eigenvalue weighted by Crippen LogP contribution is 2.37. The highest BCUT2D eigenvalue weighted by molar-refractivity contribution is 5.82. The van der Waals surface area contributed by atoms with Gasteiger partial charge in [0.05, 0.1) is 12.1 Å². The highest BCUT2D eigenvalue weighted by atomic mass is 16.5. The Labute approximate surface area is 175 Å². The fourth-order valence-corrected chi connectivity index (χ4v) is 6.51. The smallest absolute Gasteiger partial charge is 0.252 e. The van der Waals surface area contributed by atoms with Crippen molar-refractivity contribution >= 4 is 11.8 Å². The van der Waals surface area contributed by atoms with Crippen LogP contribution in [0, 0.1) is 0 Å². The summed E-state index contributed by atoms with van der Waals surface area (Å²) in [6, 6.07) is 1.53. The first-order valence-corrected chi connectivity index (χ1v) is 11.9. The molecular formula is C23H39N3O3. The third-order valence-electron chi connectivity index (χ3n) is 8.03. The maximum Gasteiger partial charge on any atom is 0.252 e. The Bertz CT molecular complexity index is 600. The van der Waals surface area contributed by atoms with Gasteiger partial charge in [0.1, 0.15) is 6.10 Å². The molecule has 2 saturated carbocycles. The summed E-state index contributed by atoms with van der Waals surface area (Å²) in [5.74, 6) is 0.310. The zero-order valence-electron chi connectivity index (χ0n) is 18.5. The lowest BCUT2D eigenvalue weighted by atomic mass is 9.80. The van der Waals surface area contributed by atoms with E-state index in [1.807, 2.05) is 0 Å². The van der Waals surface area contributed by atoms with E-state index in [-0.39, 0.29) is 36.0 Å². The molecule has 2 saturated heterocycles. The lowest BCUT2D eigenvalue weighted by molar-refractivity contribution is -0.160. The number of fused-ring (bicyclic) bond motifs is 1. The van der Waals surface area contributed by atoms with Crippen molar-refractivity contribution in [1.82, 2.24) is 14.7 Å². The van der Waals surface area contributed by atoms with Crippen molar-refractivity contribution in [2.75, 3.05) is 20.2 Å². The van der Waals surface area contributed by atoms with E-state index in [2.05, 4.69) is 28.7 Å². The second-order valence-electron chi connectivity index (χ2n) is 9.83. The van der Waals surface area contributed by atoms with Crippen LogP contribution in [0.25, 0.3) is 0 Å². The lowest BCUT2D eigenvalue weighted by Gasteiger charge is -2.55. The largest absolute Gasteiger partial charge is 0.368 e. The standard InChI is InChI=1S/C23H39N3O3/c1-16-15-25(23(28)22-10-7-13-29-22)21-14-19(11-12-20(21)26(16)17(2)27)24(3)18-8-5-4-6-9-18/h16,18-22H,4-15H2,1-3H3/t16-,19?,20?,21?,22?/m0/s1. The number of hydrogen-bond acceptors (Lipinski definition) is 4. The van der Waals surface area contributed by atoms with Gasteiger partial charge in [0.25, 0.3) is 5.91 Å². The molecule has 164 valence electrons. The quantitative estimate of drug-likeness (QED) is 0.725. The van der Waals surface area contributed by atoms with Crippen molar-refractivity contribution in [3.63, 3.8) is 0 Å². The molecule has 0 radical (unpaired) electrons. The van der Waals surface area contributed by atoms with E-state index in [0.29, 0.717) is 25.2 Å². The van der Waals surface area contributed by atoms with Crippen molar-refractivity contribution in [3.05, 3.63) is 0 Å². The zero-order chi connectivity index (χ0) is 20.5. The first-order chi connectivity index (χ1) is 14.0. The van der Waals surface area contributed by atoms with E-state index in [1.54, 1.807) is 6.92 Å². The van der Waals surface area contributed by atoms with Crippen LogP contribution in [0.3, 0.4) is 0 Å². The molecule has 0 spiro atoms. The monoisotopic (exact) mass is 405 g/mol. The predicted octanol–water partition coefficient (Wildman–Crippen LogP) is 2.80.